The van der Waals surface area contributed by atoms with Gasteiger partial charge in [0.25, 0.3) is 0 Å². The molecule has 134 valence electrons. The lowest BCUT2D eigenvalue weighted by molar-refractivity contribution is 0.292. The average molecular weight is 353 g/mol. The quantitative estimate of drug-likeness (QED) is 0.540. The van der Waals surface area contributed by atoms with Gasteiger partial charge in [0, 0.05) is 49.3 Å². The van der Waals surface area contributed by atoms with Crippen molar-refractivity contribution < 1.29 is 9.50 Å². The third kappa shape index (κ3) is 4.73. The summed E-state index contributed by atoms with van der Waals surface area (Å²) >= 11 is 0. The van der Waals surface area contributed by atoms with Gasteiger partial charge in [-0.15, -0.1) is 0 Å². The van der Waals surface area contributed by atoms with Crippen molar-refractivity contribution in [2.24, 2.45) is 0 Å². The van der Waals surface area contributed by atoms with Gasteiger partial charge < -0.3 is 15.7 Å². The van der Waals surface area contributed by atoms with Gasteiger partial charge in [-0.05, 0) is 24.6 Å². The second-order valence-electron chi connectivity index (χ2n) is 5.65. The lowest BCUT2D eigenvalue weighted by Gasteiger charge is -2.11. The van der Waals surface area contributed by atoms with E-state index in [1.54, 1.807) is 36.7 Å². The van der Waals surface area contributed by atoms with Gasteiger partial charge in [0.1, 0.15) is 11.6 Å². The largest absolute Gasteiger partial charge is 0.396 e. The van der Waals surface area contributed by atoms with E-state index in [9.17, 15) is 4.39 Å². The predicted molar refractivity (Wildman–Crippen MR) is 99.2 cm³/mol. The van der Waals surface area contributed by atoms with Crippen LogP contribution in [0.2, 0.25) is 0 Å². The van der Waals surface area contributed by atoms with Crippen LogP contribution in [0, 0.1) is 5.82 Å². The standard InChI is InChI=1S/C19H20FN5O/c20-16-7-2-1-5-14(16)13-23-18-11-17(15-6-3-8-21-12-15)24-19(25-18)22-9-4-10-26/h1-3,5-8,11-12,26H,4,9-10,13H2,(H2,22,23,24,25). The number of anilines is 2. The number of aliphatic hydroxyl groups excluding tert-OH is 1. The first-order valence-electron chi connectivity index (χ1n) is 8.38. The number of halogens is 1. The summed E-state index contributed by atoms with van der Waals surface area (Å²) in [6, 6.07) is 12.2. The molecule has 0 saturated carbocycles. The van der Waals surface area contributed by atoms with E-state index in [1.165, 1.54) is 6.07 Å². The van der Waals surface area contributed by atoms with E-state index in [-0.39, 0.29) is 12.4 Å². The molecule has 0 saturated heterocycles. The molecule has 0 unspecified atom stereocenters. The van der Waals surface area contributed by atoms with Crippen LogP contribution in [0.25, 0.3) is 11.3 Å². The van der Waals surface area contributed by atoms with Crippen molar-refractivity contribution in [2.75, 3.05) is 23.8 Å². The van der Waals surface area contributed by atoms with Gasteiger partial charge in [-0.3, -0.25) is 4.98 Å². The van der Waals surface area contributed by atoms with Crippen LogP contribution in [0.5, 0.6) is 0 Å². The maximum absolute atomic E-state index is 13.8. The number of rotatable bonds is 8. The summed E-state index contributed by atoms with van der Waals surface area (Å²) in [6.07, 6.45) is 4.02. The Labute approximate surface area is 151 Å². The molecular weight excluding hydrogens is 333 g/mol. The first kappa shape index (κ1) is 17.8. The number of aliphatic hydroxyl groups is 1. The van der Waals surface area contributed by atoms with Crippen LogP contribution >= 0.6 is 0 Å². The Morgan fingerprint density at radius 3 is 2.69 bits per heavy atom. The molecule has 1 aromatic carbocycles. The monoisotopic (exact) mass is 353 g/mol. The van der Waals surface area contributed by atoms with Crippen molar-refractivity contribution in [1.29, 1.82) is 0 Å². The molecule has 0 fully saturated rings. The van der Waals surface area contributed by atoms with E-state index in [0.717, 1.165) is 5.56 Å². The summed E-state index contributed by atoms with van der Waals surface area (Å²) in [5.74, 6) is 0.757. The van der Waals surface area contributed by atoms with E-state index >= 15 is 0 Å². The molecule has 0 bridgehead atoms. The van der Waals surface area contributed by atoms with Crippen LogP contribution in [0.15, 0.2) is 54.9 Å². The molecule has 6 nitrogen and oxygen atoms in total. The maximum Gasteiger partial charge on any atom is 0.225 e. The zero-order chi connectivity index (χ0) is 18.2. The number of nitrogens with zero attached hydrogens (tertiary/aromatic N) is 3. The molecule has 0 atom stereocenters. The first-order valence-corrected chi connectivity index (χ1v) is 8.38. The number of hydrogen-bond acceptors (Lipinski definition) is 6. The van der Waals surface area contributed by atoms with Gasteiger partial charge in [0.15, 0.2) is 0 Å². The number of pyridine rings is 1. The Bertz CT molecular complexity index is 844. The normalized spacial score (nSPS) is 10.5. The molecule has 0 spiro atoms. The third-order valence-electron chi connectivity index (χ3n) is 3.72. The zero-order valence-electron chi connectivity index (χ0n) is 14.2. The molecule has 0 aliphatic rings. The topological polar surface area (TPSA) is 83.0 Å². The molecule has 7 heteroatoms. The fourth-order valence-corrected chi connectivity index (χ4v) is 2.39. The summed E-state index contributed by atoms with van der Waals surface area (Å²) in [6.45, 7) is 0.958. The maximum atomic E-state index is 13.8. The summed E-state index contributed by atoms with van der Waals surface area (Å²) in [5.41, 5.74) is 2.12. The molecule has 2 heterocycles. The van der Waals surface area contributed by atoms with Gasteiger partial charge in [0.2, 0.25) is 5.95 Å². The Kier molecular flexibility index (Phi) is 6.05. The van der Waals surface area contributed by atoms with Crippen LogP contribution in [0.3, 0.4) is 0 Å². The minimum absolute atomic E-state index is 0.0910. The molecule has 0 radical (unpaired) electrons. The fourth-order valence-electron chi connectivity index (χ4n) is 2.39. The van der Waals surface area contributed by atoms with Crippen LogP contribution in [0.1, 0.15) is 12.0 Å². The molecule has 2 aromatic heterocycles. The van der Waals surface area contributed by atoms with Crippen LogP contribution < -0.4 is 10.6 Å². The molecular formula is C19H20FN5O. The number of aromatic nitrogens is 3. The van der Waals surface area contributed by atoms with E-state index in [2.05, 4.69) is 25.6 Å². The fraction of sp³-hybridized carbons (Fsp3) is 0.211. The number of nitrogens with one attached hydrogen (secondary N) is 2. The summed E-state index contributed by atoms with van der Waals surface area (Å²) in [7, 11) is 0. The van der Waals surface area contributed by atoms with Gasteiger partial charge in [-0.1, -0.05) is 18.2 Å². The summed E-state index contributed by atoms with van der Waals surface area (Å²) < 4.78 is 13.8. The second kappa shape index (κ2) is 8.87. The SMILES string of the molecule is OCCCNc1nc(NCc2ccccc2F)cc(-c2cccnc2)n1. The second-order valence-corrected chi connectivity index (χ2v) is 5.65. The van der Waals surface area contributed by atoms with Crippen LogP contribution in [0.4, 0.5) is 16.2 Å². The van der Waals surface area contributed by atoms with E-state index in [1.807, 2.05) is 12.1 Å². The highest BCUT2D eigenvalue weighted by molar-refractivity contribution is 5.63. The van der Waals surface area contributed by atoms with Crippen molar-refractivity contribution in [2.45, 2.75) is 13.0 Å². The highest BCUT2D eigenvalue weighted by Gasteiger charge is 2.08. The van der Waals surface area contributed by atoms with E-state index < -0.39 is 0 Å². The molecule has 0 amide bonds. The summed E-state index contributed by atoms with van der Waals surface area (Å²) in [5, 5.41) is 15.2. The molecule has 26 heavy (non-hydrogen) atoms. The van der Waals surface area contributed by atoms with Gasteiger partial charge in [-0.25, -0.2) is 9.37 Å². The number of benzene rings is 1. The average Bonchev–Trinajstić information content (AvgIpc) is 2.68. The smallest absolute Gasteiger partial charge is 0.225 e. The zero-order valence-corrected chi connectivity index (χ0v) is 14.2. The summed E-state index contributed by atoms with van der Waals surface area (Å²) in [4.78, 5) is 13.0. The van der Waals surface area contributed by atoms with E-state index in [4.69, 9.17) is 5.11 Å². The molecule has 0 aliphatic heterocycles. The van der Waals surface area contributed by atoms with Crippen molar-refractivity contribution in [3.63, 3.8) is 0 Å². The van der Waals surface area contributed by atoms with Crippen molar-refractivity contribution in [1.82, 2.24) is 15.0 Å². The van der Waals surface area contributed by atoms with Crippen LogP contribution in [-0.4, -0.2) is 33.2 Å². The minimum Gasteiger partial charge on any atom is -0.396 e. The third-order valence-corrected chi connectivity index (χ3v) is 3.72. The van der Waals surface area contributed by atoms with Crippen LogP contribution in [-0.2, 0) is 6.54 Å². The van der Waals surface area contributed by atoms with Gasteiger partial charge in [0.05, 0.1) is 5.69 Å². The lowest BCUT2D eigenvalue weighted by Crippen LogP contribution is -2.10. The highest BCUT2D eigenvalue weighted by Crippen LogP contribution is 2.21. The number of hydrogen-bond donors (Lipinski definition) is 3. The van der Waals surface area contributed by atoms with Crippen molar-refractivity contribution >= 4 is 11.8 Å². The highest BCUT2D eigenvalue weighted by atomic mass is 19.1. The van der Waals surface area contributed by atoms with Crippen molar-refractivity contribution in [3.8, 4) is 11.3 Å². The molecule has 3 aromatic rings. The molecule has 3 N–H and O–H groups in total. The van der Waals surface area contributed by atoms with Gasteiger partial charge >= 0.3 is 0 Å². The molecule has 3 rings (SSSR count). The van der Waals surface area contributed by atoms with Gasteiger partial charge in [-0.2, -0.15) is 4.98 Å². The van der Waals surface area contributed by atoms with E-state index in [0.29, 0.717) is 42.5 Å². The molecule has 0 aliphatic carbocycles. The Morgan fingerprint density at radius 2 is 1.92 bits per heavy atom. The lowest BCUT2D eigenvalue weighted by atomic mass is 10.2. The Hall–Kier alpha value is -3.06. The predicted octanol–water partition coefficient (Wildman–Crippen LogP) is 3.08. The van der Waals surface area contributed by atoms with Crippen molar-refractivity contribution in [3.05, 3.63) is 66.2 Å². The Balaban J connectivity index is 1.83. The first-order chi connectivity index (χ1) is 12.8. The Morgan fingerprint density at radius 1 is 1.04 bits per heavy atom. The minimum atomic E-state index is -0.261.